The molecule has 0 spiro atoms. The van der Waals surface area contributed by atoms with Gasteiger partial charge in [-0.3, -0.25) is 9.36 Å². The summed E-state index contributed by atoms with van der Waals surface area (Å²) < 4.78 is 8.52. The molecule has 0 atom stereocenters. The van der Waals surface area contributed by atoms with E-state index >= 15 is 0 Å². The van der Waals surface area contributed by atoms with E-state index in [4.69, 9.17) is 27.9 Å². The van der Waals surface area contributed by atoms with Gasteiger partial charge in [0.05, 0.1) is 9.90 Å². The summed E-state index contributed by atoms with van der Waals surface area (Å²) in [4.78, 5) is 25.3. The number of thiophene rings is 1. The van der Waals surface area contributed by atoms with Crippen LogP contribution in [0.2, 0.25) is 8.67 Å². The summed E-state index contributed by atoms with van der Waals surface area (Å²) in [6, 6.07) is 10.2. The number of halogens is 2. The Labute approximate surface area is 186 Å². The van der Waals surface area contributed by atoms with Crippen molar-refractivity contribution in [1.29, 1.82) is 0 Å². The zero-order chi connectivity index (χ0) is 21.3. The van der Waals surface area contributed by atoms with E-state index in [9.17, 15) is 4.79 Å². The van der Waals surface area contributed by atoms with Crippen LogP contribution < -0.4 is 10.1 Å². The molecule has 4 aromatic rings. The molecule has 10 heteroatoms. The molecule has 1 aromatic carbocycles. The van der Waals surface area contributed by atoms with Crippen molar-refractivity contribution in [3.05, 3.63) is 74.7 Å². The molecule has 0 bridgehead atoms. The summed E-state index contributed by atoms with van der Waals surface area (Å²) in [5.41, 5.74) is 0.935. The average molecular weight is 460 g/mol. The van der Waals surface area contributed by atoms with Gasteiger partial charge in [0.25, 0.3) is 5.91 Å². The molecule has 0 unspecified atom stereocenters. The van der Waals surface area contributed by atoms with Crippen LogP contribution in [-0.4, -0.2) is 25.4 Å². The smallest absolute Gasteiger partial charge is 0.258 e. The number of carbonyl (C=O) groups excluding carboxylic acids is 1. The van der Waals surface area contributed by atoms with Gasteiger partial charge in [-0.2, -0.15) is 4.98 Å². The summed E-state index contributed by atoms with van der Waals surface area (Å²) in [6.45, 7) is 3.69. The number of amides is 1. The Morgan fingerprint density at radius 2 is 1.90 bits per heavy atom. The number of ether oxygens (including phenoxy) is 1. The summed E-state index contributed by atoms with van der Waals surface area (Å²) in [7, 11) is 0. The van der Waals surface area contributed by atoms with Crippen LogP contribution in [0.15, 0.2) is 48.8 Å². The summed E-state index contributed by atoms with van der Waals surface area (Å²) in [5, 5.41) is 2.78. The van der Waals surface area contributed by atoms with Crippen molar-refractivity contribution in [2.24, 2.45) is 0 Å². The average Bonchev–Trinajstić information content (AvgIpc) is 3.27. The highest BCUT2D eigenvalue weighted by Crippen LogP contribution is 2.32. The van der Waals surface area contributed by atoms with Crippen LogP contribution in [0.5, 0.6) is 11.6 Å². The van der Waals surface area contributed by atoms with Crippen LogP contribution >= 0.6 is 34.5 Å². The Kier molecular flexibility index (Phi) is 5.72. The molecule has 152 valence electrons. The van der Waals surface area contributed by atoms with E-state index in [2.05, 4.69) is 20.3 Å². The van der Waals surface area contributed by atoms with E-state index < -0.39 is 0 Å². The second-order valence-electron chi connectivity index (χ2n) is 6.27. The molecule has 1 N–H and O–H groups in total. The van der Waals surface area contributed by atoms with Crippen molar-refractivity contribution in [2.45, 2.75) is 13.8 Å². The molecular weight excluding hydrogens is 445 g/mol. The van der Waals surface area contributed by atoms with Gasteiger partial charge >= 0.3 is 0 Å². The third-order valence-corrected chi connectivity index (χ3v) is 5.60. The summed E-state index contributed by atoms with van der Waals surface area (Å²) >= 11 is 13.1. The first-order valence-electron chi connectivity index (χ1n) is 8.79. The number of hydrogen-bond donors (Lipinski definition) is 1. The van der Waals surface area contributed by atoms with E-state index in [0.717, 1.165) is 17.2 Å². The van der Waals surface area contributed by atoms with Gasteiger partial charge in [-0.15, -0.1) is 11.3 Å². The topological polar surface area (TPSA) is 81.9 Å². The fraction of sp³-hybridized carbons (Fsp3) is 0.100. The number of aryl methyl sites for hydroxylation is 2. The SMILES string of the molecule is Cc1nc(Oc2ccc(NC(=O)c3cc(Cl)sc3Cl)cc2)cc(-n2ccnc2C)n1. The number of nitrogens with zero attached hydrogens (tertiary/aromatic N) is 4. The maximum atomic E-state index is 12.3. The number of anilines is 1. The minimum absolute atomic E-state index is 0.330. The first-order chi connectivity index (χ1) is 14.4. The highest BCUT2D eigenvalue weighted by Gasteiger charge is 2.14. The molecular formula is C20H15Cl2N5O2S. The van der Waals surface area contributed by atoms with Crippen molar-refractivity contribution >= 4 is 46.1 Å². The van der Waals surface area contributed by atoms with Crippen molar-refractivity contribution < 1.29 is 9.53 Å². The van der Waals surface area contributed by atoms with E-state index in [1.54, 1.807) is 49.5 Å². The highest BCUT2D eigenvalue weighted by molar-refractivity contribution is 7.20. The van der Waals surface area contributed by atoms with Crippen LogP contribution in [0.3, 0.4) is 0 Å². The lowest BCUT2D eigenvalue weighted by Crippen LogP contribution is -2.11. The van der Waals surface area contributed by atoms with Crippen molar-refractivity contribution in [2.75, 3.05) is 5.32 Å². The molecule has 3 aromatic heterocycles. The molecule has 0 aliphatic carbocycles. The zero-order valence-corrected chi connectivity index (χ0v) is 18.2. The van der Waals surface area contributed by atoms with E-state index in [1.807, 2.05) is 17.7 Å². The second kappa shape index (κ2) is 8.43. The summed E-state index contributed by atoms with van der Waals surface area (Å²) in [6.07, 6.45) is 3.53. The van der Waals surface area contributed by atoms with Gasteiger partial charge in [0.2, 0.25) is 5.88 Å². The van der Waals surface area contributed by atoms with E-state index in [0.29, 0.717) is 43.2 Å². The monoisotopic (exact) mass is 459 g/mol. The molecule has 0 saturated heterocycles. The lowest BCUT2D eigenvalue weighted by molar-refractivity contribution is 0.102. The Morgan fingerprint density at radius 3 is 2.53 bits per heavy atom. The number of rotatable bonds is 5. The first-order valence-corrected chi connectivity index (χ1v) is 10.4. The quantitative estimate of drug-likeness (QED) is 0.414. The largest absolute Gasteiger partial charge is 0.439 e. The molecule has 3 heterocycles. The number of imidazole rings is 1. The number of carbonyl (C=O) groups is 1. The molecule has 0 aliphatic rings. The maximum absolute atomic E-state index is 12.3. The van der Waals surface area contributed by atoms with Crippen LogP contribution in [0, 0.1) is 13.8 Å². The molecule has 30 heavy (non-hydrogen) atoms. The fourth-order valence-electron chi connectivity index (χ4n) is 2.74. The molecule has 7 nitrogen and oxygen atoms in total. The van der Waals surface area contributed by atoms with E-state index in [1.165, 1.54) is 0 Å². The van der Waals surface area contributed by atoms with Crippen LogP contribution in [-0.2, 0) is 0 Å². The number of benzene rings is 1. The zero-order valence-electron chi connectivity index (χ0n) is 15.9. The van der Waals surface area contributed by atoms with Crippen LogP contribution in [0.1, 0.15) is 22.0 Å². The van der Waals surface area contributed by atoms with Crippen molar-refractivity contribution in [3.63, 3.8) is 0 Å². The lowest BCUT2D eigenvalue weighted by Gasteiger charge is -2.10. The Bertz CT molecular complexity index is 1220. The number of hydrogen-bond acceptors (Lipinski definition) is 6. The van der Waals surface area contributed by atoms with Gasteiger partial charge < -0.3 is 10.1 Å². The predicted molar refractivity (Wildman–Crippen MR) is 117 cm³/mol. The molecule has 0 radical (unpaired) electrons. The molecule has 1 amide bonds. The Balaban J connectivity index is 1.49. The van der Waals surface area contributed by atoms with Gasteiger partial charge in [0, 0.05) is 24.1 Å². The minimum atomic E-state index is -0.330. The highest BCUT2D eigenvalue weighted by atomic mass is 35.5. The van der Waals surface area contributed by atoms with Gasteiger partial charge in [-0.25, -0.2) is 9.97 Å². The van der Waals surface area contributed by atoms with Crippen molar-refractivity contribution in [1.82, 2.24) is 19.5 Å². The third-order valence-electron chi connectivity index (χ3n) is 4.11. The Hall–Kier alpha value is -2.94. The minimum Gasteiger partial charge on any atom is -0.439 e. The number of nitrogens with one attached hydrogen (secondary N) is 1. The van der Waals surface area contributed by atoms with E-state index in [-0.39, 0.29) is 5.91 Å². The molecule has 0 fully saturated rings. The third kappa shape index (κ3) is 4.46. The van der Waals surface area contributed by atoms with Gasteiger partial charge in [0.1, 0.15) is 27.6 Å². The van der Waals surface area contributed by atoms with Crippen molar-refractivity contribution in [3.8, 4) is 17.4 Å². The molecule has 4 rings (SSSR count). The lowest BCUT2D eigenvalue weighted by atomic mass is 10.2. The van der Waals surface area contributed by atoms with Crippen LogP contribution in [0.4, 0.5) is 5.69 Å². The second-order valence-corrected chi connectivity index (χ2v) is 8.56. The van der Waals surface area contributed by atoms with Crippen LogP contribution in [0.25, 0.3) is 5.82 Å². The normalized spacial score (nSPS) is 10.8. The summed E-state index contributed by atoms with van der Waals surface area (Å²) in [5.74, 6) is 2.70. The maximum Gasteiger partial charge on any atom is 0.258 e. The number of aromatic nitrogens is 4. The fourth-order valence-corrected chi connectivity index (χ4v) is 4.20. The first kappa shape index (κ1) is 20.3. The van der Waals surface area contributed by atoms with Gasteiger partial charge in [0.15, 0.2) is 0 Å². The predicted octanol–water partition coefficient (Wildman–Crippen LogP) is 5.69. The Morgan fingerprint density at radius 1 is 1.13 bits per heavy atom. The van der Waals surface area contributed by atoms with Gasteiger partial charge in [-0.1, -0.05) is 23.2 Å². The molecule has 0 aliphatic heterocycles. The van der Waals surface area contributed by atoms with Gasteiger partial charge in [-0.05, 0) is 44.2 Å². The molecule has 0 saturated carbocycles. The standard InChI is InChI=1S/C20H15Cl2N5O2S/c1-11-24-17(27-8-7-23-12(27)2)10-18(25-11)29-14-5-3-13(4-6-14)26-20(28)15-9-16(21)30-19(15)22/h3-10H,1-2H3,(H,26,28).